The van der Waals surface area contributed by atoms with Gasteiger partial charge in [0.2, 0.25) is 0 Å². The van der Waals surface area contributed by atoms with Crippen molar-refractivity contribution in [3.63, 3.8) is 0 Å². The lowest BCUT2D eigenvalue weighted by molar-refractivity contribution is 0.527. The molecular formula is C16H23N3S. The number of aryl methyl sites for hydroxylation is 2. The smallest absolute Gasteiger partial charge is 0.0587 e. The summed E-state index contributed by atoms with van der Waals surface area (Å²) in [5.41, 5.74) is 2.59. The molecule has 0 spiro atoms. The first-order valence-corrected chi connectivity index (χ1v) is 8.17. The van der Waals surface area contributed by atoms with Gasteiger partial charge in [-0.05, 0) is 38.6 Å². The molecule has 2 rings (SSSR count). The molecule has 1 atom stereocenters. The average Bonchev–Trinajstić information content (AvgIpc) is 2.92. The third-order valence-corrected chi connectivity index (χ3v) is 4.35. The minimum Gasteiger partial charge on any atom is -0.308 e. The molecule has 1 heterocycles. The van der Waals surface area contributed by atoms with Gasteiger partial charge in [0, 0.05) is 23.4 Å². The zero-order valence-electron chi connectivity index (χ0n) is 12.5. The lowest BCUT2D eigenvalue weighted by Gasteiger charge is -2.18. The van der Waals surface area contributed by atoms with Crippen LogP contribution >= 0.6 is 11.8 Å². The highest BCUT2D eigenvalue weighted by atomic mass is 32.2. The third-order valence-electron chi connectivity index (χ3n) is 3.26. The molecule has 108 valence electrons. The van der Waals surface area contributed by atoms with Gasteiger partial charge in [0.05, 0.1) is 11.7 Å². The van der Waals surface area contributed by atoms with Crippen LogP contribution in [0.3, 0.4) is 0 Å². The number of thioether (sulfide) groups is 1. The Kier molecular flexibility index (Phi) is 5.68. The lowest BCUT2D eigenvalue weighted by atomic mass is 10.2. The van der Waals surface area contributed by atoms with E-state index >= 15 is 0 Å². The van der Waals surface area contributed by atoms with Crippen LogP contribution in [-0.2, 0) is 6.54 Å². The van der Waals surface area contributed by atoms with Crippen LogP contribution in [0.1, 0.15) is 31.1 Å². The van der Waals surface area contributed by atoms with Crippen LogP contribution in [0.15, 0.2) is 41.4 Å². The van der Waals surface area contributed by atoms with Crippen molar-refractivity contribution in [1.29, 1.82) is 0 Å². The van der Waals surface area contributed by atoms with Crippen LogP contribution in [0.2, 0.25) is 0 Å². The number of rotatable bonds is 7. The molecule has 1 aromatic carbocycles. The van der Waals surface area contributed by atoms with E-state index in [1.807, 2.05) is 18.0 Å². The van der Waals surface area contributed by atoms with Crippen LogP contribution in [0.25, 0.3) is 0 Å². The first kappa shape index (κ1) is 15.1. The van der Waals surface area contributed by atoms with Gasteiger partial charge in [-0.15, -0.1) is 11.8 Å². The summed E-state index contributed by atoms with van der Waals surface area (Å²) in [5, 5.41) is 7.94. The largest absolute Gasteiger partial charge is 0.308 e. The van der Waals surface area contributed by atoms with E-state index in [0.29, 0.717) is 6.04 Å². The van der Waals surface area contributed by atoms with Crippen molar-refractivity contribution >= 4 is 11.8 Å². The summed E-state index contributed by atoms with van der Waals surface area (Å²) in [6.45, 7) is 8.30. The van der Waals surface area contributed by atoms with Crippen LogP contribution in [0, 0.1) is 6.92 Å². The molecule has 3 nitrogen and oxygen atoms in total. The van der Waals surface area contributed by atoms with Gasteiger partial charge >= 0.3 is 0 Å². The summed E-state index contributed by atoms with van der Waals surface area (Å²) in [6, 6.07) is 11.1. The first-order chi connectivity index (χ1) is 9.74. The highest BCUT2D eigenvalue weighted by molar-refractivity contribution is 7.99. The zero-order chi connectivity index (χ0) is 14.4. The molecule has 0 amide bonds. The maximum atomic E-state index is 4.37. The van der Waals surface area contributed by atoms with E-state index in [9.17, 15) is 0 Å². The molecule has 0 saturated heterocycles. The van der Waals surface area contributed by atoms with Gasteiger partial charge < -0.3 is 5.32 Å². The third kappa shape index (κ3) is 3.87. The van der Waals surface area contributed by atoms with Crippen molar-refractivity contribution in [2.24, 2.45) is 0 Å². The average molecular weight is 289 g/mol. The fraction of sp³-hybridized carbons (Fsp3) is 0.438. The second-order valence-electron chi connectivity index (χ2n) is 4.81. The number of nitrogens with one attached hydrogen (secondary N) is 1. The number of nitrogens with zero attached hydrogens (tertiary/aromatic N) is 2. The normalized spacial score (nSPS) is 12.6. The maximum Gasteiger partial charge on any atom is 0.0587 e. The van der Waals surface area contributed by atoms with Crippen molar-refractivity contribution in [1.82, 2.24) is 15.1 Å². The Labute approximate surface area is 125 Å². The Balaban J connectivity index is 2.06. The van der Waals surface area contributed by atoms with E-state index in [0.717, 1.165) is 18.8 Å². The van der Waals surface area contributed by atoms with Crippen LogP contribution < -0.4 is 5.32 Å². The summed E-state index contributed by atoms with van der Waals surface area (Å²) < 4.78 is 2.07. The molecule has 0 bridgehead atoms. The second kappa shape index (κ2) is 7.50. The summed E-state index contributed by atoms with van der Waals surface area (Å²) in [6.07, 6.45) is 1.89. The molecule has 2 aromatic rings. The number of hydrogen-bond acceptors (Lipinski definition) is 3. The van der Waals surface area contributed by atoms with Crippen molar-refractivity contribution in [2.45, 2.75) is 38.3 Å². The highest BCUT2D eigenvalue weighted by Crippen LogP contribution is 2.25. The van der Waals surface area contributed by atoms with Crippen molar-refractivity contribution in [3.8, 4) is 0 Å². The lowest BCUT2D eigenvalue weighted by Crippen LogP contribution is -2.25. The minimum absolute atomic E-state index is 0.341. The molecule has 0 aliphatic carbocycles. The predicted octanol–water partition coefficient (Wildman–Crippen LogP) is 3.65. The van der Waals surface area contributed by atoms with E-state index in [2.05, 4.69) is 66.2 Å². The summed E-state index contributed by atoms with van der Waals surface area (Å²) >= 11 is 1.90. The Bertz CT molecular complexity index is 536. The molecule has 1 unspecified atom stereocenters. The van der Waals surface area contributed by atoms with E-state index < -0.39 is 0 Å². The second-order valence-corrected chi connectivity index (χ2v) is 5.90. The van der Waals surface area contributed by atoms with Gasteiger partial charge in [-0.1, -0.05) is 24.6 Å². The summed E-state index contributed by atoms with van der Waals surface area (Å²) in [7, 11) is 0. The summed E-state index contributed by atoms with van der Waals surface area (Å²) in [5.74, 6) is 1.02. The molecule has 1 aromatic heterocycles. The van der Waals surface area contributed by atoms with E-state index in [-0.39, 0.29) is 0 Å². The Morgan fingerprint density at radius 1 is 1.30 bits per heavy atom. The van der Waals surface area contributed by atoms with Gasteiger partial charge in [0.25, 0.3) is 0 Å². The van der Waals surface area contributed by atoms with Crippen LogP contribution in [0.4, 0.5) is 0 Å². The molecule has 0 fully saturated rings. The van der Waals surface area contributed by atoms with E-state index in [4.69, 9.17) is 0 Å². The number of aromatic nitrogens is 2. The van der Waals surface area contributed by atoms with Crippen molar-refractivity contribution < 1.29 is 0 Å². The van der Waals surface area contributed by atoms with E-state index in [1.165, 1.54) is 16.2 Å². The Hall–Kier alpha value is -1.26. The van der Waals surface area contributed by atoms with Gasteiger partial charge in [0.15, 0.2) is 0 Å². The molecule has 0 aliphatic rings. The molecule has 0 saturated carbocycles. The number of hydrogen-bond donors (Lipinski definition) is 1. The van der Waals surface area contributed by atoms with Gasteiger partial charge in [0.1, 0.15) is 0 Å². The van der Waals surface area contributed by atoms with Crippen molar-refractivity contribution in [3.05, 3.63) is 47.8 Å². The van der Waals surface area contributed by atoms with E-state index in [1.54, 1.807) is 0 Å². The molecule has 4 heteroatoms. The topological polar surface area (TPSA) is 29.9 Å². The van der Waals surface area contributed by atoms with Gasteiger partial charge in [-0.3, -0.25) is 4.68 Å². The fourth-order valence-electron chi connectivity index (χ4n) is 2.28. The van der Waals surface area contributed by atoms with Gasteiger partial charge in [-0.25, -0.2) is 0 Å². The number of benzene rings is 1. The van der Waals surface area contributed by atoms with Gasteiger partial charge in [-0.2, -0.15) is 5.10 Å². The molecule has 1 N–H and O–H groups in total. The first-order valence-electron chi connectivity index (χ1n) is 7.19. The van der Waals surface area contributed by atoms with Crippen molar-refractivity contribution in [2.75, 3.05) is 12.3 Å². The monoisotopic (exact) mass is 289 g/mol. The fourth-order valence-corrected chi connectivity index (χ4v) is 3.37. The zero-order valence-corrected chi connectivity index (χ0v) is 13.3. The Morgan fingerprint density at radius 3 is 2.85 bits per heavy atom. The van der Waals surface area contributed by atoms with Crippen LogP contribution in [0.5, 0.6) is 0 Å². The highest BCUT2D eigenvalue weighted by Gasteiger charge is 2.15. The molecule has 0 aliphatic heterocycles. The SMILES string of the molecule is CCNC(CSc1cccc(C)c1)c1ccnn1CC. The molecule has 20 heavy (non-hydrogen) atoms. The quantitative estimate of drug-likeness (QED) is 0.789. The Morgan fingerprint density at radius 2 is 2.15 bits per heavy atom. The minimum atomic E-state index is 0.341. The standard InChI is InChI=1S/C16H23N3S/c1-4-17-15(16-9-10-18-19(16)5-2)12-20-14-8-6-7-13(3)11-14/h6-11,15,17H,4-5,12H2,1-3H3. The summed E-state index contributed by atoms with van der Waals surface area (Å²) in [4.78, 5) is 1.33. The van der Waals surface area contributed by atoms with Crippen LogP contribution in [-0.4, -0.2) is 22.1 Å². The predicted molar refractivity (Wildman–Crippen MR) is 86.2 cm³/mol. The molecular weight excluding hydrogens is 266 g/mol. The maximum absolute atomic E-state index is 4.37. The molecule has 0 radical (unpaired) electrons.